The average molecular weight is 277 g/mol. The molecule has 3 nitrogen and oxygen atoms in total. The summed E-state index contributed by atoms with van der Waals surface area (Å²) < 4.78 is 15.5. The molecule has 5 heteroatoms. The molecule has 2 aromatic rings. The topological polar surface area (TPSA) is 29.9 Å². The molecule has 1 aliphatic heterocycles. The van der Waals surface area contributed by atoms with E-state index in [0.29, 0.717) is 0 Å². The molecule has 0 saturated carbocycles. The summed E-state index contributed by atoms with van der Waals surface area (Å²) >= 11 is 4.54. The molecule has 0 bridgehead atoms. The zero-order valence-electron chi connectivity index (χ0n) is 11.1. The van der Waals surface area contributed by atoms with Crippen molar-refractivity contribution >= 4 is 18.3 Å². The summed E-state index contributed by atoms with van der Waals surface area (Å²) in [6.07, 6.45) is 1.80. The molecule has 1 aromatic carbocycles. The number of fused-ring (bicyclic) bond motifs is 3. The number of hydrogen-bond acceptors (Lipinski definition) is 3. The number of halogens is 1. The van der Waals surface area contributed by atoms with Crippen molar-refractivity contribution in [2.75, 3.05) is 5.32 Å². The number of nitrogens with one attached hydrogen (secondary N) is 1. The van der Waals surface area contributed by atoms with Crippen molar-refractivity contribution in [3.8, 4) is 11.3 Å². The second-order valence-electron chi connectivity index (χ2n) is 5.77. The lowest BCUT2D eigenvalue weighted by molar-refractivity contribution is 0.360. The van der Waals surface area contributed by atoms with Gasteiger partial charge in [-0.1, -0.05) is 0 Å². The van der Waals surface area contributed by atoms with Crippen LogP contribution in [-0.4, -0.2) is 9.78 Å². The predicted octanol–water partition coefficient (Wildman–Crippen LogP) is 3.80. The van der Waals surface area contributed by atoms with Crippen molar-refractivity contribution < 1.29 is 4.39 Å². The van der Waals surface area contributed by atoms with E-state index in [0.717, 1.165) is 22.5 Å². The Labute approximate surface area is 117 Å². The van der Waals surface area contributed by atoms with Gasteiger partial charge in [0.05, 0.1) is 22.8 Å². The molecule has 0 saturated heterocycles. The minimum Gasteiger partial charge on any atom is -0.369 e. The maximum atomic E-state index is 13.5. The van der Waals surface area contributed by atoms with Gasteiger partial charge in [0.25, 0.3) is 0 Å². The number of thiol groups is 1. The zero-order chi connectivity index (χ0) is 13.8. The number of benzene rings is 1. The van der Waals surface area contributed by atoms with Crippen molar-refractivity contribution in [3.63, 3.8) is 0 Å². The molecule has 0 fully saturated rings. The third kappa shape index (κ3) is 1.92. The van der Waals surface area contributed by atoms with Crippen molar-refractivity contribution in [2.24, 2.45) is 0 Å². The summed E-state index contributed by atoms with van der Waals surface area (Å²) in [7, 11) is 0. The molecular weight excluding hydrogens is 261 g/mol. The van der Waals surface area contributed by atoms with E-state index in [9.17, 15) is 4.39 Å². The Bertz CT molecular complexity index is 643. The zero-order valence-corrected chi connectivity index (χ0v) is 12.0. The first-order valence-electron chi connectivity index (χ1n) is 6.21. The molecule has 100 valence electrons. The van der Waals surface area contributed by atoms with E-state index in [1.54, 1.807) is 18.3 Å². The lowest BCUT2D eigenvalue weighted by Gasteiger charge is -2.29. The highest BCUT2D eigenvalue weighted by Gasteiger charge is 2.30. The SMILES string of the molecule is CC(C)(C)n1ncc2c1-c1cc(F)ccc1N[C@@H]2S. The van der Waals surface area contributed by atoms with E-state index in [1.165, 1.54) is 6.07 Å². The molecule has 2 heterocycles. The van der Waals surface area contributed by atoms with E-state index >= 15 is 0 Å². The van der Waals surface area contributed by atoms with Crippen LogP contribution in [-0.2, 0) is 5.54 Å². The Morgan fingerprint density at radius 3 is 2.79 bits per heavy atom. The van der Waals surface area contributed by atoms with Crippen molar-refractivity contribution in [1.29, 1.82) is 0 Å². The molecular formula is C14H16FN3S. The first-order chi connectivity index (χ1) is 8.88. The highest BCUT2D eigenvalue weighted by Crippen LogP contribution is 2.43. The Hall–Kier alpha value is -1.49. The third-order valence-electron chi connectivity index (χ3n) is 3.26. The van der Waals surface area contributed by atoms with Gasteiger partial charge in [0.2, 0.25) is 0 Å². The predicted molar refractivity (Wildman–Crippen MR) is 78.0 cm³/mol. The van der Waals surface area contributed by atoms with Crippen LogP contribution in [0.4, 0.5) is 10.1 Å². The second-order valence-corrected chi connectivity index (χ2v) is 6.28. The van der Waals surface area contributed by atoms with Gasteiger partial charge in [-0.2, -0.15) is 5.10 Å². The summed E-state index contributed by atoms with van der Waals surface area (Å²) in [6.45, 7) is 6.23. The highest BCUT2D eigenvalue weighted by atomic mass is 32.1. The Morgan fingerprint density at radius 2 is 2.11 bits per heavy atom. The summed E-state index contributed by atoms with van der Waals surface area (Å²) in [5, 5.41) is 7.58. The van der Waals surface area contributed by atoms with Gasteiger partial charge in [-0.15, -0.1) is 12.6 Å². The lowest BCUT2D eigenvalue weighted by atomic mass is 9.99. The largest absolute Gasteiger partial charge is 0.369 e. The minimum absolute atomic E-state index is 0.121. The molecule has 1 atom stereocenters. The van der Waals surface area contributed by atoms with E-state index in [-0.39, 0.29) is 16.7 Å². The normalized spacial score (nSPS) is 17.6. The molecule has 0 aliphatic carbocycles. The first-order valence-corrected chi connectivity index (χ1v) is 6.72. The van der Waals surface area contributed by atoms with E-state index in [1.807, 2.05) is 4.68 Å². The molecule has 1 N–H and O–H groups in total. The van der Waals surface area contributed by atoms with Crippen LogP contribution in [0.2, 0.25) is 0 Å². The summed E-state index contributed by atoms with van der Waals surface area (Å²) in [5.41, 5.74) is 3.49. The second kappa shape index (κ2) is 4.00. The van der Waals surface area contributed by atoms with E-state index in [2.05, 4.69) is 43.8 Å². The summed E-state index contributed by atoms with van der Waals surface area (Å²) in [5.74, 6) is -0.245. The standard InChI is InChI=1S/C14H16FN3S/c1-14(2,3)18-12-9-6-8(15)4-5-11(9)17-13(19)10(12)7-16-18/h4-7,13,17,19H,1-3H3/t13-/m1/s1. The fourth-order valence-electron chi connectivity index (χ4n) is 2.40. The Balaban J connectivity index is 2.30. The van der Waals surface area contributed by atoms with Crippen LogP contribution in [0.1, 0.15) is 31.7 Å². The van der Waals surface area contributed by atoms with Crippen LogP contribution in [0, 0.1) is 5.82 Å². The monoisotopic (exact) mass is 277 g/mol. The molecule has 0 radical (unpaired) electrons. The van der Waals surface area contributed by atoms with Gasteiger partial charge in [-0.25, -0.2) is 4.39 Å². The first kappa shape index (κ1) is 12.5. The van der Waals surface area contributed by atoms with Gasteiger partial charge in [0, 0.05) is 16.8 Å². The van der Waals surface area contributed by atoms with Gasteiger partial charge >= 0.3 is 0 Å². The van der Waals surface area contributed by atoms with Crippen LogP contribution < -0.4 is 5.32 Å². The Morgan fingerprint density at radius 1 is 1.37 bits per heavy atom. The quantitative estimate of drug-likeness (QED) is 0.717. The number of hydrogen-bond donors (Lipinski definition) is 2. The van der Waals surface area contributed by atoms with Crippen LogP contribution in [0.15, 0.2) is 24.4 Å². The molecule has 0 spiro atoms. The molecule has 0 unspecified atom stereocenters. The third-order valence-corrected chi connectivity index (χ3v) is 3.66. The highest BCUT2D eigenvalue weighted by molar-refractivity contribution is 7.80. The maximum Gasteiger partial charge on any atom is 0.124 e. The van der Waals surface area contributed by atoms with Gasteiger partial charge in [0.1, 0.15) is 5.82 Å². The molecule has 0 amide bonds. The van der Waals surface area contributed by atoms with Crippen LogP contribution in [0.25, 0.3) is 11.3 Å². The van der Waals surface area contributed by atoms with Crippen LogP contribution >= 0.6 is 12.6 Å². The fourth-order valence-corrected chi connectivity index (χ4v) is 2.73. The molecule has 3 rings (SSSR count). The van der Waals surface area contributed by atoms with E-state index < -0.39 is 0 Å². The molecule has 1 aromatic heterocycles. The fraction of sp³-hybridized carbons (Fsp3) is 0.357. The lowest BCUT2D eigenvalue weighted by Crippen LogP contribution is -2.25. The Kier molecular flexibility index (Phi) is 2.64. The van der Waals surface area contributed by atoms with Gasteiger partial charge in [-0.3, -0.25) is 4.68 Å². The number of anilines is 1. The average Bonchev–Trinajstić information content (AvgIpc) is 2.75. The molecule has 1 aliphatic rings. The smallest absolute Gasteiger partial charge is 0.124 e. The minimum atomic E-state index is -0.245. The number of rotatable bonds is 0. The van der Waals surface area contributed by atoms with Crippen LogP contribution in [0.3, 0.4) is 0 Å². The van der Waals surface area contributed by atoms with Crippen LogP contribution in [0.5, 0.6) is 0 Å². The summed E-state index contributed by atoms with van der Waals surface area (Å²) in [6, 6.07) is 4.75. The van der Waals surface area contributed by atoms with E-state index in [4.69, 9.17) is 0 Å². The van der Waals surface area contributed by atoms with Gasteiger partial charge in [0.15, 0.2) is 0 Å². The van der Waals surface area contributed by atoms with Gasteiger partial charge < -0.3 is 5.32 Å². The van der Waals surface area contributed by atoms with Gasteiger partial charge in [-0.05, 0) is 39.0 Å². The summed E-state index contributed by atoms with van der Waals surface area (Å²) in [4.78, 5) is 0. The molecule has 19 heavy (non-hydrogen) atoms. The maximum absolute atomic E-state index is 13.5. The van der Waals surface area contributed by atoms with Crippen molar-refractivity contribution in [1.82, 2.24) is 9.78 Å². The number of aromatic nitrogens is 2. The number of nitrogens with zero attached hydrogens (tertiary/aromatic N) is 2. The van der Waals surface area contributed by atoms with Crippen molar-refractivity contribution in [3.05, 3.63) is 35.8 Å². The van der Waals surface area contributed by atoms with Crippen molar-refractivity contribution in [2.45, 2.75) is 31.7 Å².